The third kappa shape index (κ3) is 10.7. The number of nitrogens with one attached hydrogen (secondary N) is 1. The lowest BCUT2D eigenvalue weighted by atomic mass is 9.88. The second kappa shape index (κ2) is 9.26. The third-order valence-electron chi connectivity index (χ3n) is 2.47. The quantitative estimate of drug-likeness (QED) is 0.474. The molecule has 0 aliphatic carbocycles. The standard InChI is InChI=1S/C13H28ClNO/c1-12(2)10-16-9-8-15-11-13(3,4)6-5-7-14/h12,15H,5-11H2,1-4H3. The van der Waals surface area contributed by atoms with Gasteiger partial charge in [-0.3, -0.25) is 0 Å². The van der Waals surface area contributed by atoms with Crippen LogP contribution in [0.2, 0.25) is 0 Å². The van der Waals surface area contributed by atoms with Crippen LogP contribution in [0.25, 0.3) is 0 Å². The van der Waals surface area contributed by atoms with Crippen LogP contribution in [-0.4, -0.2) is 32.2 Å². The van der Waals surface area contributed by atoms with Crippen molar-refractivity contribution in [3.63, 3.8) is 0 Å². The van der Waals surface area contributed by atoms with Crippen molar-refractivity contribution in [3.05, 3.63) is 0 Å². The first kappa shape index (κ1) is 16.2. The topological polar surface area (TPSA) is 21.3 Å². The molecule has 0 amide bonds. The molecule has 0 aliphatic heterocycles. The molecule has 3 heteroatoms. The molecular formula is C13H28ClNO. The Hall–Kier alpha value is 0.210. The smallest absolute Gasteiger partial charge is 0.0591 e. The van der Waals surface area contributed by atoms with Crippen LogP contribution in [0.1, 0.15) is 40.5 Å². The van der Waals surface area contributed by atoms with Gasteiger partial charge in [-0.25, -0.2) is 0 Å². The van der Waals surface area contributed by atoms with Crippen molar-refractivity contribution in [2.45, 2.75) is 40.5 Å². The van der Waals surface area contributed by atoms with E-state index in [0.717, 1.165) is 38.6 Å². The minimum absolute atomic E-state index is 0.340. The fourth-order valence-corrected chi connectivity index (χ4v) is 1.66. The van der Waals surface area contributed by atoms with Crippen LogP contribution >= 0.6 is 11.6 Å². The molecule has 0 heterocycles. The summed E-state index contributed by atoms with van der Waals surface area (Å²) in [4.78, 5) is 0. The number of hydrogen-bond donors (Lipinski definition) is 1. The fourth-order valence-electron chi connectivity index (χ4n) is 1.52. The summed E-state index contributed by atoms with van der Waals surface area (Å²) in [6, 6.07) is 0. The van der Waals surface area contributed by atoms with E-state index in [9.17, 15) is 0 Å². The Labute approximate surface area is 106 Å². The zero-order valence-corrected chi connectivity index (χ0v) is 12.1. The normalized spacial score (nSPS) is 12.4. The molecule has 1 N–H and O–H groups in total. The van der Waals surface area contributed by atoms with Crippen LogP contribution in [0.15, 0.2) is 0 Å². The van der Waals surface area contributed by atoms with E-state index in [4.69, 9.17) is 16.3 Å². The largest absolute Gasteiger partial charge is 0.380 e. The van der Waals surface area contributed by atoms with Crippen LogP contribution in [0, 0.1) is 11.3 Å². The Kier molecular flexibility index (Phi) is 9.38. The van der Waals surface area contributed by atoms with E-state index in [1.807, 2.05) is 0 Å². The summed E-state index contributed by atoms with van der Waals surface area (Å²) in [6.45, 7) is 12.5. The van der Waals surface area contributed by atoms with E-state index in [1.165, 1.54) is 6.42 Å². The van der Waals surface area contributed by atoms with Gasteiger partial charge in [0.25, 0.3) is 0 Å². The van der Waals surface area contributed by atoms with Crippen LogP contribution in [-0.2, 0) is 4.74 Å². The highest BCUT2D eigenvalue weighted by Gasteiger charge is 2.16. The van der Waals surface area contributed by atoms with Gasteiger partial charge in [0.2, 0.25) is 0 Å². The van der Waals surface area contributed by atoms with Crippen LogP contribution in [0.4, 0.5) is 0 Å². The van der Waals surface area contributed by atoms with Gasteiger partial charge in [-0.15, -0.1) is 11.6 Å². The number of hydrogen-bond acceptors (Lipinski definition) is 2. The SMILES string of the molecule is CC(C)COCCNCC(C)(C)CCCCl. The average molecular weight is 250 g/mol. The van der Waals surface area contributed by atoms with Crippen LogP contribution in [0.5, 0.6) is 0 Å². The maximum atomic E-state index is 5.70. The molecule has 2 nitrogen and oxygen atoms in total. The Balaban J connectivity index is 3.35. The van der Waals surface area contributed by atoms with Crippen molar-refractivity contribution in [2.75, 3.05) is 32.2 Å². The molecule has 0 aliphatic rings. The first-order valence-electron chi connectivity index (χ1n) is 6.32. The highest BCUT2D eigenvalue weighted by molar-refractivity contribution is 6.17. The van der Waals surface area contributed by atoms with Gasteiger partial charge in [-0.1, -0.05) is 27.7 Å². The molecule has 0 aromatic rings. The lowest BCUT2D eigenvalue weighted by Gasteiger charge is -2.24. The minimum Gasteiger partial charge on any atom is -0.380 e. The Bertz CT molecular complexity index is 160. The molecule has 0 radical (unpaired) electrons. The van der Waals surface area contributed by atoms with E-state index >= 15 is 0 Å². The summed E-state index contributed by atoms with van der Waals surface area (Å²) >= 11 is 5.70. The summed E-state index contributed by atoms with van der Waals surface area (Å²) in [6.07, 6.45) is 2.27. The second-order valence-corrected chi connectivity index (χ2v) is 5.98. The lowest BCUT2D eigenvalue weighted by Crippen LogP contribution is -2.32. The molecule has 0 saturated heterocycles. The number of rotatable bonds is 10. The lowest BCUT2D eigenvalue weighted by molar-refractivity contribution is 0.110. The van der Waals surface area contributed by atoms with Gasteiger partial charge in [-0.05, 0) is 24.2 Å². The molecule has 0 saturated carbocycles. The average Bonchev–Trinajstić information content (AvgIpc) is 2.20. The molecule has 0 rings (SSSR count). The number of halogens is 1. The molecule has 0 aromatic carbocycles. The second-order valence-electron chi connectivity index (χ2n) is 5.60. The van der Waals surface area contributed by atoms with E-state index in [0.29, 0.717) is 11.3 Å². The maximum absolute atomic E-state index is 5.70. The van der Waals surface area contributed by atoms with Crippen molar-refractivity contribution in [2.24, 2.45) is 11.3 Å². The Morgan fingerprint density at radius 1 is 1.31 bits per heavy atom. The van der Waals surface area contributed by atoms with Gasteiger partial charge in [0.1, 0.15) is 0 Å². The highest BCUT2D eigenvalue weighted by atomic mass is 35.5. The molecule has 0 atom stereocenters. The molecule has 0 fully saturated rings. The predicted molar refractivity (Wildman–Crippen MR) is 72.3 cm³/mol. The van der Waals surface area contributed by atoms with Crippen LogP contribution < -0.4 is 5.32 Å². The van der Waals surface area contributed by atoms with Gasteiger partial charge >= 0.3 is 0 Å². The van der Waals surface area contributed by atoms with Crippen molar-refractivity contribution < 1.29 is 4.74 Å². The van der Waals surface area contributed by atoms with Crippen LogP contribution in [0.3, 0.4) is 0 Å². The van der Waals surface area contributed by atoms with Crippen molar-refractivity contribution in [1.29, 1.82) is 0 Å². The predicted octanol–water partition coefficient (Wildman–Crippen LogP) is 3.29. The van der Waals surface area contributed by atoms with Crippen molar-refractivity contribution >= 4 is 11.6 Å². The summed E-state index contributed by atoms with van der Waals surface area (Å²) in [5.41, 5.74) is 0.340. The number of alkyl halides is 1. The van der Waals surface area contributed by atoms with E-state index in [2.05, 4.69) is 33.0 Å². The van der Waals surface area contributed by atoms with E-state index < -0.39 is 0 Å². The molecule has 0 aromatic heterocycles. The minimum atomic E-state index is 0.340. The summed E-state index contributed by atoms with van der Waals surface area (Å²) in [5.74, 6) is 1.39. The van der Waals surface area contributed by atoms with Gasteiger partial charge in [0.15, 0.2) is 0 Å². The molecule has 0 unspecified atom stereocenters. The monoisotopic (exact) mass is 249 g/mol. The third-order valence-corrected chi connectivity index (χ3v) is 2.73. The van der Waals surface area contributed by atoms with E-state index in [-0.39, 0.29) is 0 Å². The molecule has 0 spiro atoms. The molecule has 98 valence electrons. The summed E-state index contributed by atoms with van der Waals surface area (Å²) < 4.78 is 5.51. The zero-order valence-electron chi connectivity index (χ0n) is 11.3. The fraction of sp³-hybridized carbons (Fsp3) is 1.00. The molecular weight excluding hydrogens is 222 g/mol. The maximum Gasteiger partial charge on any atom is 0.0591 e. The van der Waals surface area contributed by atoms with Gasteiger partial charge in [0.05, 0.1) is 6.61 Å². The van der Waals surface area contributed by atoms with Crippen molar-refractivity contribution in [3.8, 4) is 0 Å². The first-order valence-corrected chi connectivity index (χ1v) is 6.86. The zero-order chi connectivity index (χ0) is 12.4. The van der Waals surface area contributed by atoms with Gasteiger partial charge in [0, 0.05) is 25.6 Å². The molecule has 16 heavy (non-hydrogen) atoms. The number of ether oxygens (including phenoxy) is 1. The highest BCUT2D eigenvalue weighted by Crippen LogP contribution is 2.21. The Morgan fingerprint density at radius 2 is 2.00 bits per heavy atom. The van der Waals surface area contributed by atoms with Gasteiger partial charge < -0.3 is 10.1 Å². The summed E-state index contributed by atoms with van der Waals surface area (Å²) in [5, 5.41) is 3.44. The summed E-state index contributed by atoms with van der Waals surface area (Å²) in [7, 11) is 0. The van der Waals surface area contributed by atoms with E-state index in [1.54, 1.807) is 0 Å². The van der Waals surface area contributed by atoms with Gasteiger partial charge in [-0.2, -0.15) is 0 Å². The molecule has 0 bridgehead atoms. The first-order chi connectivity index (χ1) is 7.48. The Morgan fingerprint density at radius 3 is 2.56 bits per heavy atom. The van der Waals surface area contributed by atoms with Crippen molar-refractivity contribution in [1.82, 2.24) is 5.32 Å².